The molecule has 6 nitrogen and oxygen atoms in total. The minimum absolute atomic E-state index is 0.162. The van der Waals surface area contributed by atoms with Crippen LogP contribution in [0.3, 0.4) is 0 Å². The first kappa shape index (κ1) is 16.0. The van der Waals surface area contributed by atoms with Crippen LogP contribution in [0.5, 0.6) is 0 Å². The Morgan fingerprint density at radius 3 is 3.09 bits per heavy atom. The zero-order valence-electron chi connectivity index (χ0n) is 13.1. The highest BCUT2D eigenvalue weighted by Crippen LogP contribution is 2.38. The number of thioether (sulfide) groups is 1. The molecule has 1 heterocycles. The number of anilines is 1. The van der Waals surface area contributed by atoms with Crippen molar-refractivity contribution < 1.29 is 4.79 Å². The van der Waals surface area contributed by atoms with E-state index < -0.39 is 6.04 Å². The third-order valence-electron chi connectivity index (χ3n) is 3.82. The van der Waals surface area contributed by atoms with E-state index in [9.17, 15) is 4.79 Å². The molecule has 7 heteroatoms. The van der Waals surface area contributed by atoms with Gasteiger partial charge in [-0.05, 0) is 43.4 Å². The monoisotopic (exact) mass is 331 g/mol. The van der Waals surface area contributed by atoms with Gasteiger partial charge in [0, 0.05) is 17.2 Å². The zero-order valence-corrected chi connectivity index (χ0v) is 13.9. The number of benzene rings is 1. The van der Waals surface area contributed by atoms with Crippen LogP contribution < -0.4 is 11.1 Å². The number of aromatic amines is 1. The van der Waals surface area contributed by atoms with Crippen LogP contribution in [0.1, 0.15) is 31.0 Å². The smallest absolute Gasteiger partial charge is 0.241 e. The standard InChI is InChI=1S/C16H21N5OS/c1-23-8-7-13(17)16(22)18-12-4-2-3-11(9-12)15-19-14(20-21-15)10-5-6-10/h2-4,9-10,13H,5-8,17H2,1H3,(H,18,22)(H,19,20,21)/t13-/m0/s1. The second-order valence-electron chi connectivity index (χ2n) is 5.78. The molecular weight excluding hydrogens is 310 g/mol. The predicted molar refractivity (Wildman–Crippen MR) is 93.4 cm³/mol. The van der Waals surface area contributed by atoms with Gasteiger partial charge in [-0.2, -0.15) is 16.9 Å². The first-order valence-electron chi connectivity index (χ1n) is 7.75. The summed E-state index contributed by atoms with van der Waals surface area (Å²) in [5, 5.41) is 10.1. The molecule has 3 rings (SSSR count). The van der Waals surface area contributed by atoms with Gasteiger partial charge >= 0.3 is 0 Å². The molecule has 1 amide bonds. The molecule has 122 valence electrons. The number of nitrogens with zero attached hydrogens (tertiary/aromatic N) is 2. The Hall–Kier alpha value is -1.86. The Kier molecular flexibility index (Phi) is 4.97. The summed E-state index contributed by atoms with van der Waals surface area (Å²) in [5.41, 5.74) is 7.48. The van der Waals surface area contributed by atoms with Gasteiger partial charge < -0.3 is 11.1 Å². The largest absolute Gasteiger partial charge is 0.325 e. The Morgan fingerprint density at radius 2 is 2.35 bits per heavy atom. The van der Waals surface area contributed by atoms with Gasteiger partial charge in [0.2, 0.25) is 5.91 Å². The van der Waals surface area contributed by atoms with Gasteiger partial charge in [-0.1, -0.05) is 12.1 Å². The molecule has 4 N–H and O–H groups in total. The average molecular weight is 331 g/mol. The van der Waals surface area contributed by atoms with E-state index in [0.29, 0.717) is 23.9 Å². The molecule has 1 aliphatic carbocycles. The highest BCUT2D eigenvalue weighted by Gasteiger charge is 2.27. The van der Waals surface area contributed by atoms with Crippen molar-refractivity contribution in [2.24, 2.45) is 5.73 Å². The summed E-state index contributed by atoms with van der Waals surface area (Å²) in [6.45, 7) is 0. The van der Waals surface area contributed by atoms with Crippen LogP contribution in [0.2, 0.25) is 0 Å². The van der Waals surface area contributed by atoms with Crippen molar-refractivity contribution in [3.8, 4) is 11.4 Å². The Morgan fingerprint density at radius 1 is 1.52 bits per heavy atom. The van der Waals surface area contributed by atoms with Crippen molar-refractivity contribution in [2.45, 2.75) is 31.2 Å². The quantitative estimate of drug-likeness (QED) is 0.724. The van der Waals surface area contributed by atoms with Crippen molar-refractivity contribution in [1.29, 1.82) is 0 Å². The lowest BCUT2D eigenvalue weighted by Crippen LogP contribution is -2.36. The minimum atomic E-state index is -0.490. The normalized spacial score (nSPS) is 15.4. The molecule has 0 radical (unpaired) electrons. The van der Waals surface area contributed by atoms with Gasteiger partial charge in [-0.3, -0.25) is 9.89 Å². The topological polar surface area (TPSA) is 96.7 Å². The van der Waals surface area contributed by atoms with Crippen LogP contribution in [0.25, 0.3) is 11.4 Å². The maximum absolute atomic E-state index is 12.1. The molecule has 0 unspecified atom stereocenters. The molecule has 0 bridgehead atoms. The summed E-state index contributed by atoms with van der Waals surface area (Å²) >= 11 is 1.68. The van der Waals surface area contributed by atoms with E-state index >= 15 is 0 Å². The minimum Gasteiger partial charge on any atom is -0.325 e. The van der Waals surface area contributed by atoms with E-state index in [1.54, 1.807) is 11.8 Å². The fourth-order valence-electron chi connectivity index (χ4n) is 2.29. The average Bonchev–Trinajstić information content (AvgIpc) is 3.30. The first-order chi connectivity index (χ1) is 11.2. The molecule has 0 saturated heterocycles. The highest BCUT2D eigenvalue weighted by atomic mass is 32.2. The van der Waals surface area contributed by atoms with E-state index in [1.165, 1.54) is 12.8 Å². The van der Waals surface area contributed by atoms with Gasteiger partial charge in [0.25, 0.3) is 0 Å². The number of carbonyl (C=O) groups excluding carboxylic acids is 1. The summed E-state index contributed by atoms with van der Waals surface area (Å²) in [7, 11) is 0. The maximum Gasteiger partial charge on any atom is 0.241 e. The number of amides is 1. The van der Waals surface area contributed by atoms with Crippen LogP contribution in [-0.2, 0) is 4.79 Å². The van der Waals surface area contributed by atoms with E-state index in [2.05, 4.69) is 20.5 Å². The van der Waals surface area contributed by atoms with E-state index in [1.807, 2.05) is 30.5 Å². The number of hydrogen-bond donors (Lipinski definition) is 3. The third kappa shape index (κ3) is 4.11. The predicted octanol–water partition coefficient (Wildman–Crippen LogP) is 2.37. The highest BCUT2D eigenvalue weighted by molar-refractivity contribution is 7.98. The lowest BCUT2D eigenvalue weighted by molar-refractivity contribution is -0.117. The number of hydrogen-bond acceptors (Lipinski definition) is 5. The second kappa shape index (κ2) is 7.14. The molecule has 1 saturated carbocycles. The molecule has 0 spiro atoms. The van der Waals surface area contributed by atoms with Gasteiger partial charge in [-0.15, -0.1) is 0 Å². The number of rotatable bonds is 7. The molecule has 0 aliphatic heterocycles. The van der Waals surface area contributed by atoms with Gasteiger partial charge in [0.15, 0.2) is 5.82 Å². The summed E-state index contributed by atoms with van der Waals surface area (Å²) in [6, 6.07) is 7.04. The molecule has 1 aromatic carbocycles. The van der Waals surface area contributed by atoms with E-state index in [0.717, 1.165) is 17.1 Å². The van der Waals surface area contributed by atoms with Crippen LogP contribution >= 0.6 is 11.8 Å². The van der Waals surface area contributed by atoms with Crippen molar-refractivity contribution in [3.05, 3.63) is 30.1 Å². The fraction of sp³-hybridized carbons (Fsp3) is 0.438. The third-order valence-corrected chi connectivity index (χ3v) is 4.47. The summed E-state index contributed by atoms with van der Waals surface area (Å²) in [6.07, 6.45) is 5.02. The summed E-state index contributed by atoms with van der Waals surface area (Å²) < 4.78 is 0. The van der Waals surface area contributed by atoms with Gasteiger partial charge in [0.1, 0.15) is 5.82 Å². The van der Waals surface area contributed by atoms with Crippen molar-refractivity contribution in [3.63, 3.8) is 0 Å². The molecule has 2 aromatic rings. The van der Waals surface area contributed by atoms with Gasteiger partial charge in [-0.25, -0.2) is 4.98 Å². The van der Waals surface area contributed by atoms with Crippen LogP contribution in [0, 0.1) is 0 Å². The fourth-order valence-corrected chi connectivity index (χ4v) is 2.78. The lowest BCUT2D eigenvalue weighted by atomic mass is 10.1. The SMILES string of the molecule is CSCC[C@H](N)C(=O)Nc1cccc(-c2n[nH]c(C3CC3)n2)c1. The Labute approximate surface area is 139 Å². The first-order valence-corrected chi connectivity index (χ1v) is 9.15. The van der Waals surface area contributed by atoms with Crippen LogP contribution in [-0.4, -0.2) is 39.1 Å². The lowest BCUT2D eigenvalue weighted by Gasteiger charge is -2.12. The van der Waals surface area contributed by atoms with E-state index in [4.69, 9.17) is 5.73 Å². The van der Waals surface area contributed by atoms with Crippen LogP contribution in [0.4, 0.5) is 5.69 Å². The van der Waals surface area contributed by atoms with Crippen molar-refractivity contribution in [1.82, 2.24) is 15.2 Å². The number of nitrogens with two attached hydrogens (primary N) is 1. The zero-order chi connectivity index (χ0) is 16.2. The van der Waals surface area contributed by atoms with Gasteiger partial charge in [0.05, 0.1) is 6.04 Å². The number of H-pyrrole nitrogens is 1. The van der Waals surface area contributed by atoms with E-state index in [-0.39, 0.29) is 5.91 Å². The summed E-state index contributed by atoms with van der Waals surface area (Å²) in [4.78, 5) is 16.6. The molecule has 1 aliphatic rings. The Bertz CT molecular complexity index is 683. The van der Waals surface area contributed by atoms with Crippen molar-refractivity contribution in [2.75, 3.05) is 17.3 Å². The molecule has 1 atom stereocenters. The number of aromatic nitrogens is 3. The van der Waals surface area contributed by atoms with Crippen LogP contribution in [0.15, 0.2) is 24.3 Å². The molecule has 1 fully saturated rings. The molecular formula is C16H21N5OS. The number of carbonyl (C=O) groups is 1. The maximum atomic E-state index is 12.1. The summed E-state index contributed by atoms with van der Waals surface area (Å²) in [5.74, 6) is 2.86. The van der Waals surface area contributed by atoms with Crippen molar-refractivity contribution >= 4 is 23.4 Å². The second-order valence-corrected chi connectivity index (χ2v) is 6.76. The molecule has 23 heavy (non-hydrogen) atoms. The Balaban J connectivity index is 1.67. The number of nitrogens with one attached hydrogen (secondary N) is 2. The molecule has 1 aromatic heterocycles.